The Bertz CT molecular complexity index is 1390. The van der Waals surface area contributed by atoms with Gasteiger partial charge in [-0.3, -0.25) is 19.3 Å². The van der Waals surface area contributed by atoms with E-state index in [1.807, 2.05) is 23.1 Å². The number of aromatic hydroxyl groups is 2. The van der Waals surface area contributed by atoms with Crippen molar-refractivity contribution in [2.45, 2.75) is 19.6 Å². The number of hydrogen-bond acceptors (Lipinski definition) is 8. The van der Waals surface area contributed by atoms with E-state index in [2.05, 4.69) is 5.32 Å². The van der Waals surface area contributed by atoms with Crippen molar-refractivity contribution in [1.82, 2.24) is 20.0 Å². The number of ether oxygens (including phenoxy) is 1. The van der Waals surface area contributed by atoms with Gasteiger partial charge in [-0.25, -0.2) is 0 Å². The van der Waals surface area contributed by atoms with Crippen molar-refractivity contribution in [3.63, 3.8) is 0 Å². The molecular formula is C28H30N4O7. The van der Waals surface area contributed by atoms with E-state index in [-0.39, 0.29) is 23.6 Å². The van der Waals surface area contributed by atoms with Crippen LogP contribution in [0.15, 0.2) is 53.1 Å². The fraction of sp³-hybridized carbons (Fsp3) is 0.321. The van der Waals surface area contributed by atoms with Crippen LogP contribution in [0, 0.1) is 0 Å². The second-order valence-corrected chi connectivity index (χ2v) is 9.69. The van der Waals surface area contributed by atoms with Gasteiger partial charge in [0.15, 0.2) is 0 Å². The lowest BCUT2D eigenvalue weighted by molar-refractivity contribution is -0.124. The highest BCUT2D eigenvalue weighted by Crippen LogP contribution is 2.33. The van der Waals surface area contributed by atoms with E-state index in [0.29, 0.717) is 50.8 Å². The van der Waals surface area contributed by atoms with Crippen molar-refractivity contribution < 1.29 is 33.8 Å². The molecule has 1 aromatic heterocycles. The molecule has 2 aromatic carbocycles. The van der Waals surface area contributed by atoms with Gasteiger partial charge in [0.05, 0.1) is 30.5 Å². The molecule has 3 amide bonds. The maximum absolute atomic E-state index is 13.4. The van der Waals surface area contributed by atoms with E-state index in [4.69, 9.17) is 9.15 Å². The SMILES string of the molecule is CN(Cc1ccco1)C(=O)c1cc(C(=O)N2Cc3ccc(OCCN4CCNC(=O)C4)cc3C2)c(O)cc1O. The Morgan fingerprint density at radius 1 is 1.05 bits per heavy atom. The number of nitrogens with one attached hydrogen (secondary N) is 1. The van der Waals surface area contributed by atoms with Crippen LogP contribution in [0.1, 0.15) is 37.6 Å². The number of amides is 3. The molecule has 3 aromatic rings. The van der Waals surface area contributed by atoms with Gasteiger partial charge in [0.1, 0.15) is 29.6 Å². The highest BCUT2D eigenvalue weighted by Gasteiger charge is 2.29. The third kappa shape index (κ3) is 5.83. The number of nitrogens with zero attached hydrogens (tertiary/aromatic N) is 3. The normalized spacial score (nSPS) is 15.1. The fourth-order valence-electron chi connectivity index (χ4n) is 4.78. The second-order valence-electron chi connectivity index (χ2n) is 9.69. The molecule has 11 nitrogen and oxygen atoms in total. The summed E-state index contributed by atoms with van der Waals surface area (Å²) in [5, 5.41) is 23.6. The summed E-state index contributed by atoms with van der Waals surface area (Å²) in [5.74, 6) is -0.555. The van der Waals surface area contributed by atoms with Crippen LogP contribution in [0.3, 0.4) is 0 Å². The zero-order valence-electron chi connectivity index (χ0n) is 21.6. The number of fused-ring (bicyclic) bond motifs is 1. The highest BCUT2D eigenvalue weighted by atomic mass is 16.5. The molecule has 39 heavy (non-hydrogen) atoms. The van der Waals surface area contributed by atoms with Crippen LogP contribution in [0.5, 0.6) is 17.2 Å². The first-order chi connectivity index (χ1) is 18.8. The van der Waals surface area contributed by atoms with Crippen LogP contribution >= 0.6 is 0 Å². The molecule has 11 heteroatoms. The number of piperazine rings is 1. The van der Waals surface area contributed by atoms with Crippen molar-refractivity contribution in [2.24, 2.45) is 0 Å². The summed E-state index contributed by atoms with van der Waals surface area (Å²) in [6.07, 6.45) is 1.50. The van der Waals surface area contributed by atoms with Gasteiger partial charge in [0.2, 0.25) is 5.91 Å². The molecule has 5 rings (SSSR count). The summed E-state index contributed by atoms with van der Waals surface area (Å²) in [5.41, 5.74) is 1.71. The second kappa shape index (κ2) is 11.1. The van der Waals surface area contributed by atoms with Crippen molar-refractivity contribution in [3.05, 3.63) is 76.7 Å². The summed E-state index contributed by atoms with van der Waals surface area (Å²) in [4.78, 5) is 42.9. The monoisotopic (exact) mass is 534 g/mol. The van der Waals surface area contributed by atoms with Crippen molar-refractivity contribution in [2.75, 3.05) is 39.8 Å². The van der Waals surface area contributed by atoms with Gasteiger partial charge in [-0.15, -0.1) is 0 Å². The minimum absolute atomic E-state index is 0.0144. The number of carbonyl (C=O) groups is 3. The molecule has 0 atom stereocenters. The topological polar surface area (TPSA) is 136 Å². The molecule has 1 fully saturated rings. The largest absolute Gasteiger partial charge is 0.507 e. The summed E-state index contributed by atoms with van der Waals surface area (Å²) in [6.45, 7) is 3.66. The molecule has 0 bridgehead atoms. The molecule has 204 valence electrons. The lowest BCUT2D eigenvalue weighted by Gasteiger charge is -2.26. The Balaban J connectivity index is 1.24. The number of phenolic OH excluding ortho intramolecular Hbond substituents is 2. The van der Waals surface area contributed by atoms with E-state index in [9.17, 15) is 24.6 Å². The minimum Gasteiger partial charge on any atom is -0.507 e. The third-order valence-electron chi connectivity index (χ3n) is 6.88. The van der Waals surface area contributed by atoms with E-state index < -0.39 is 23.3 Å². The van der Waals surface area contributed by atoms with Gasteiger partial charge in [-0.1, -0.05) is 6.07 Å². The quantitative estimate of drug-likeness (QED) is 0.399. The number of rotatable bonds is 8. The average molecular weight is 535 g/mol. The van der Waals surface area contributed by atoms with E-state index in [1.165, 1.54) is 17.2 Å². The van der Waals surface area contributed by atoms with Gasteiger partial charge in [-0.2, -0.15) is 0 Å². The molecular weight excluding hydrogens is 504 g/mol. The minimum atomic E-state index is -0.519. The molecule has 0 saturated carbocycles. The van der Waals surface area contributed by atoms with Crippen LogP contribution in [-0.2, 0) is 24.4 Å². The Kier molecular flexibility index (Phi) is 7.42. The zero-order chi connectivity index (χ0) is 27.5. The Morgan fingerprint density at radius 2 is 1.85 bits per heavy atom. The fourth-order valence-corrected chi connectivity index (χ4v) is 4.78. The van der Waals surface area contributed by atoms with Gasteiger partial charge in [0.25, 0.3) is 11.8 Å². The highest BCUT2D eigenvalue weighted by molar-refractivity contribution is 6.03. The molecule has 0 spiro atoms. The number of benzene rings is 2. The molecule has 1 saturated heterocycles. The average Bonchev–Trinajstić information content (AvgIpc) is 3.58. The third-order valence-corrected chi connectivity index (χ3v) is 6.88. The molecule has 0 aliphatic carbocycles. The Morgan fingerprint density at radius 3 is 2.62 bits per heavy atom. The van der Waals surface area contributed by atoms with Gasteiger partial charge >= 0.3 is 0 Å². The lowest BCUT2D eigenvalue weighted by Crippen LogP contribution is -2.48. The van der Waals surface area contributed by atoms with Gasteiger partial charge in [-0.05, 0) is 41.5 Å². The summed E-state index contributed by atoms with van der Waals surface area (Å²) >= 11 is 0. The lowest BCUT2D eigenvalue weighted by atomic mass is 10.1. The van der Waals surface area contributed by atoms with Crippen LogP contribution in [-0.4, -0.2) is 82.5 Å². The molecule has 0 radical (unpaired) electrons. The van der Waals surface area contributed by atoms with E-state index in [1.54, 1.807) is 24.1 Å². The van der Waals surface area contributed by atoms with Crippen molar-refractivity contribution in [1.29, 1.82) is 0 Å². The number of phenols is 2. The first-order valence-corrected chi connectivity index (χ1v) is 12.6. The predicted molar refractivity (Wildman–Crippen MR) is 139 cm³/mol. The van der Waals surface area contributed by atoms with Gasteiger partial charge < -0.3 is 34.5 Å². The molecule has 3 N–H and O–H groups in total. The van der Waals surface area contributed by atoms with Crippen LogP contribution in [0.2, 0.25) is 0 Å². The van der Waals surface area contributed by atoms with E-state index >= 15 is 0 Å². The summed E-state index contributed by atoms with van der Waals surface area (Å²) in [6, 6.07) is 11.3. The standard InChI is InChI=1S/C28H30N4O7/c1-30(16-21-3-2-9-38-21)27(36)22-12-23(25(34)13-24(22)33)28(37)32-14-18-4-5-20(11-19(18)15-32)39-10-8-31-7-6-29-26(35)17-31/h2-5,9,11-13,33-34H,6-8,10,14-17H2,1H3,(H,29,35). The Labute approximate surface area is 225 Å². The first-order valence-electron chi connectivity index (χ1n) is 12.6. The van der Waals surface area contributed by atoms with Crippen LogP contribution in [0.4, 0.5) is 0 Å². The maximum atomic E-state index is 13.4. The summed E-state index contributed by atoms with van der Waals surface area (Å²) < 4.78 is 11.2. The maximum Gasteiger partial charge on any atom is 0.258 e. The van der Waals surface area contributed by atoms with Crippen LogP contribution < -0.4 is 10.1 Å². The molecule has 2 aliphatic heterocycles. The zero-order valence-corrected chi connectivity index (χ0v) is 21.6. The summed E-state index contributed by atoms with van der Waals surface area (Å²) in [7, 11) is 1.55. The number of furan rings is 1. The molecule has 0 unspecified atom stereocenters. The van der Waals surface area contributed by atoms with Crippen molar-refractivity contribution in [3.8, 4) is 17.2 Å². The Hall–Kier alpha value is -4.51. The molecule has 3 heterocycles. The van der Waals surface area contributed by atoms with Crippen molar-refractivity contribution >= 4 is 17.7 Å². The number of hydrogen-bond donors (Lipinski definition) is 3. The smallest absolute Gasteiger partial charge is 0.258 e. The van der Waals surface area contributed by atoms with Crippen LogP contribution in [0.25, 0.3) is 0 Å². The van der Waals surface area contributed by atoms with Gasteiger partial charge in [0, 0.05) is 45.8 Å². The first kappa shape index (κ1) is 26.1. The van der Waals surface area contributed by atoms with E-state index in [0.717, 1.165) is 23.7 Å². The predicted octanol–water partition coefficient (Wildman–Crippen LogP) is 1.93. The molecule has 2 aliphatic rings. The number of carbonyl (C=O) groups excluding carboxylic acids is 3.